The minimum atomic E-state index is -1.31. The Morgan fingerprint density at radius 2 is 1.97 bits per heavy atom. The molecule has 39 heavy (non-hydrogen) atoms. The summed E-state index contributed by atoms with van der Waals surface area (Å²) in [5, 5.41) is 12.2. The fraction of sp³-hybridized carbons (Fsp3) is 0.714. The van der Waals surface area contributed by atoms with E-state index in [2.05, 4.69) is 28.2 Å². The van der Waals surface area contributed by atoms with Crippen molar-refractivity contribution in [3.8, 4) is 0 Å². The first-order chi connectivity index (χ1) is 18.7. The number of allylic oxidation sites excluding steroid dienone is 1. The molecule has 11 heteroatoms. The molecule has 0 aromatic carbocycles. The molecule has 0 aromatic rings. The van der Waals surface area contributed by atoms with Crippen LogP contribution in [0.1, 0.15) is 59.3 Å². The summed E-state index contributed by atoms with van der Waals surface area (Å²) in [6.07, 6.45) is 7.70. The molecule has 2 N–H and O–H groups in total. The number of unbranched alkanes of at least 4 members (excludes halogenated alkanes) is 1. The van der Waals surface area contributed by atoms with Gasteiger partial charge >= 0.3 is 5.97 Å². The van der Waals surface area contributed by atoms with Crippen molar-refractivity contribution >= 4 is 39.6 Å². The van der Waals surface area contributed by atoms with Crippen LogP contribution in [-0.2, 0) is 28.7 Å². The van der Waals surface area contributed by atoms with Crippen LogP contribution in [0, 0.1) is 11.8 Å². The van der Waals surface area contributed by atoms with Gasteiger partial charge in [0.25, 0.3) is 0 Å². The molecule has 3 amide bonds. The molecule has 4 aliphatic rings. The Morgan fingerprint density at radius 1 is 1.21 bits per heavy atom. The van der Waals surface area contributed by atoms with E-state index in [0.717, 1.165) is 12.8 Å². The van der Waals surface area contributed by atoms with Crippen LogP contribution in [0.25, 0.3) is 0 Å². The fourth-order valence-corrected chi connectivity index (χ4v) is 7.04. The highest BCUT2D eigenvalue weighted by atomic mass is 79.9. The van der Waals surface area contributed by atoms with Crippen LogP contribution in [0.15, 0.2) is 22.7 Å². The van der Waals surface area contributed by atoms with E-state index in [1.54, 1.807) is 22.8 Å². The third kappa shape index (κ3) is 5.67. The van der Waals surface area contributed by atoms with E-state index in [1.807, 2.05) is 19.1 Å². The molecule has 1 spiro atoms. The van der Waals surface area contributed by atoms with Crippen molar-refractivity contribution in [3.63, 3.8) is 0 Å². The van der Waals surface area contributed by atoms with E-state index < -0.39 is 41.7 Å². The van der Waals surface area contributed by atoms with Crippen LogP contribution >= 0.6 is 15.9 Å². The second-order valence-corrected chi connectivity index (χ2v) is 11.9. The Labute approximate surface area is 238 Å². The lowest BCUT2D eigenvalue weighted by Crippen LogP contribution is -2.57. The number of ether oxygens (including phenoxy) is 2. The largest absolute Gasteiger partial charge is 0.460 e. The SMILES string of the molecule is CCCC(C)N1C/C=C\CCC(=O)NC[C@@H](C)OC(=O)[C@@H]2[C@H]3O[C@@]4(C=C3Br)[C@H](C1=O)N(CCCCO)C(=O)[C@@H]24. The second-order valence-electron chi connectivity index (χ2n) is 11.0. The summed E-state index contributed by atoms with van der Waals surface area (Å²) in [5.74, 6) is -3.12. The highest BCUT2D eigenvalue weighted by Gasteiger charge is 2.74. The Hall–Kier alpha value is -2.24. The van der Waals surface area contributed by atoms with Gasteiger partial charge < -0.3 is 29.7 Å². The number of aliphatic hydroxyl groups is 1. The molecule has 7 atom stereocenters. The third-order valence-electron chi connectivity index (χ3n) is 8.17. The van der Waals surface area contributed by atoms with Gasteiger partial charge in [-0.2, -0.15) is 0 Å². The number of esters is 1. The number of nitrogens with zero attached hydrogens (tertiary/aromatic N) is 2. The van der Waals surface area contributed by atoms with Gasteiger partial charge in [0, 0.05) is 36.6 Å². The van der Waals surface area contributed by atoms with Gasteiger partial charge in [-0.1, -0.05) is 41.4 Å². The van der Waals surface area contributed by atoms with Crippen LogP contribution in [0.2, 0.25) is 0 Å². The van der Waals surface area contributed by atoms with E-state index in [9.17, 15) is 24.3 Å². The molecule has 0 saturated carbocycles. The average Bonchev–Trinajstić information content (AvgIpc) is 3.48. The van der Waals surface area contributed by atoms with Gasteiger partial charge in [-0.3, -0.25) is 19.2 Å². The first kappa shape index (κ1) is 29.7. The second kappa shape index (κ2) is 12.5. The Balaban J connectivity index is 1.78. The van der Waals surface area contributed by atoms with Gasteiger partial charge in [0.2, 0.25) is 17.7 Å². The molecule has 2 saturated heterocycles. The van der Waals surface area contributed by atoms with E-state index >= 15 is 0 Å². The molecule has 216 valence electrons. The number of cyclic esters (lactones) is 1. The molecule has 4 heterocycles. The third-order valence-corrected chi connectivity index (χ3v) is 8.85. The highest BCUT2D eigenvalue weighted by Crippen LogP contribution is 2.59. The number of nitrogens with one attached hydrogen (secondary N) is 1. The summed E-state index contributed by atoms with van der Waals surface area (Å²) in [7, 11) is 0. The molecule has 4 aliphatic heterocycles. The van der Waals surface area contributed by atoms with Gasteiger partial charge in [0.1, 0.15) is 29.8 Å². The smallest absolute Gasteiger partial charge is 0.313 e. The number of aliphatic hydroxyl groups excluding tert-OH is 1. The molecule has 0 aromatic heterocycles. The van der Waals surface area contributed by atoms with Crippen molar-refractivity contribution in [1.82, 2.24) is 15.1 Å². The normalized spacial score (nSPS) is 35.0. The van der Waals surface area contributed by atoms with Crippen LogP contribution < -0.4 is 5.32 Å². The molecular formula is C28H40BrN3O7. The van der Waals surface area contributed by atoms with Crippen molar-refractivity contribution < 1.29 is 33.8 Å². The number of fused-ring (bicyclic) bond motifs is 2. The molecule has 0 radical (unpaired) electrons. The lowest BCUT2D eigenvalue weighted by atomic mass is 9.74. The number of hydrogen-bond donors (Lipinski definition) is 2. The molecule has 5 bridgehead atoms. The Kier molecular flexibility index (Phi) is 9.54. The minimum absolute atomic E-state index is 0.0208. The summed E-state index contributed by atoms with van der Waals surface area (Å²) in [6.45, 7) is 6.48. The van der Waals surface area contributed by atoms with E-state index in [-0.39, 0.29) is 49.9 Å². The quantitative estimate of drug-likeness (QED) is 0.257. The molecule has 0 aliphatic carbocycles. The zero-order chi connectivity index (χ0) is 28.3. The van der Waals surface area contributed by atoms with Gasteiger partial charge in [-0.25, -0.2) is 0 Å². The zero-order valence-electron chi connectivity index (χ0n) is 22.9. The Morgan fingerprint density at radius 3 is 2.69 bits per heavy atom. The van der Waals surface area contributed by atoms with E-state index in [0.29, 0.717) is 30.3 Å². The summed E-state index contributed by atoms with van der Waals surface area (Å²) in [5.41, 5.74) is -1.31. The molecule has 1 unspecified atom stereocenters. The molecule has 4 rings (SSSR count). The number of carbonyl (C=O) groups excluding carboxylic acids is 4. The van der Waals surface area contributed by atoms with Crippen LogP contribution in [-0.4, -0.2) is 94.7 Å². The minimum Gasteiger partial charge on any atom is -0.460 e. The molecule has 2 fully saturated rings. The van der Waals surface area contributed by atoms with Gasteiger partial charge in [-0.15, -0.1) is 0 Å². The maximum atomic E-state index is 14.5. The van der Waals surface area contributed by atoms with E-state index in [1.165, 1.54) is 0 Å². The predicted molar refractivity (Wildman–Crippen MR) is 146 cm³/mol. The van der Waals surface area contributed by atoms with E-state index in [4.69, 9.17) is 9.47 Å². The predicted octanol–water partition coefficient (Wildman–Crippen LogP) is 2.05. The van der Waals surface area contributed by atoms with Crippen LogP contribution in [0.5, 0.6) is 0 Å². The Bertz CT molecular complexity index is 1030. The summed E-state index contributed by atoms with van der Waals surface area (Å²) in [6, 6.07) is -1.05. The van der Waals surface area contributed by atoms with Gasteiger partial charge in [0.15, 0.2) is 0 Å². The summed E-state index contributed by atoms with van der Waals surface area (Å²) in [4.78, 5) is 57.6. The fourth-order valence-electron chi connectivity index (χ4n) is 6.30. The monoisotopic (exact) mass is 609 g/mol. The lowest BCUT2D eigenvalue weighted by molar-refractivity contribution is -0.158. The molecular weight excluding hydrogens is 570 g/mol. The first-order valence-electron chi connectivity index (χ1n) is 14.1. The standard InChI is InChI=1S/C28H40BrN3O7/c1-4-10-17(2)31-12-7-5-6-11-20(34)30-16-18(3)38-27(37)21-22-25(35)32(13-8-9-14-33)24(26(31)36)28(22)15-19(29)23(21)39-28/h5,7,15,17-18,21-24,33H,4,6,8-14,16H2,1-3H3,(H,30,34)/b7-5-/t17?,18-,21+,22-,23+,24+,28-/m1/s1. The maximum absolute atomic E-state index is 14.5. The topological polar surface area (TPSA) is 125 Å². The maximum Gasteiger partial charge on any atom is 0.313 e. The highest BCUT2D eigenvalue weighted by molar-refractivity contribution is 9.11. The number of carbonyl (C=O) groups is 4. The van der Waals surface area contributed by atoms with Crippen molar-refractivity contribution in [2.45, 2.75) is 89.2 Å². The summed E-state index contributed by atoms with van der Waals surface area (Å²) < 4.78 is 12.8. The number of amides is 3. The van der Waals surface area contributed by atoms with Gasteiger partial charge in [0.05, 0.1) is 12.5 Å². The number of halogens is 1. The molecule has 10 nitrogen and oxygen atoms in total. The average molecular weight is 611 g/mol. The van der Waals surface area contributed by atoms with Crippen molar-refractivity contribution in [3.05, 3.63) is 22.7 Å². The van der Waals surface area contributed by atoms with Crippen molar-refractivity contribution in [2.75, 3.05) is 26.2 Å². The number of hydrogen-bond acceptors (Lipinski definition) is 7. The van der Waals surface area contributed by atoms with Crippen molar-refractivity contribution in [2.24, 2.45) is 11.8 Å². The number of likely N-dealkylation sites (tertiary alicyclic amines) is 1. The summed E-state index contributed by atoms with van der Waals surface area (Å²) >= 11 is 3.55. The number of rotatable bonds is 7. The lowest BCUT2D eigenvalue weighted by Gasteiger charge is -2.38. The zero-order valence-corrected chi connectivity index (χ0v) is 24.5. The van der Waals surface area contributed by atoms with Crippen LogP contribution in [0.4, 0.5) is 0 Å². The van der Waals surface area contributed by atoms with Crippen LogP contribution in [0.3, 0.4) is 0 Å². The first-order valence-corrected chi connectivity index (χ1v) is 14.9. The van der Waals surface area contributed by atoms with Crippen molar-refractivity contribution in [1.29, 1.82) is 0 Å². The van der Waals surface area contributed by atoms with Gasteiger partial charge in [-0.05, 0) is 45.6 Å².